The SMILES string of the molecule is NC1(c2ccnc(-c3cnn(S(=O)(=O)C4CC4)c3)n2)C=C(NC2CCC(NCCF)CC2)C(c2nc(C(F)F)cs2)=CN1. The maximum Gasteiger partial charge on any atom is 0.281 e. The Morgan fingerprint density at radius 3 is 2.63 bits per heavy atom. The number of hydrogen-bond acceptors (Lipinski definition) is 11. The summed E-state index contributed by atoms with van der Waals surface area (Å²) in [5, 5.41) is 15.3. The molecule has 3 aliphatic rings. The normalized spacial score (nSPS) is 24.4. The average Bonchev–Trinajstić information content (AvgIpc) is 3.54. The highest BCUT2D eigenvalue weighted by atomic mass is 32.2. The quantitative estimate of drug-likeness (QED) is 0.247. The number of aromatic nitrogens is 5. The molecule has 0 bridgehead atoms. The number of nitrogens with one attached hydrogen (secondary N) is 3. The second kappa shape index (κ2) is 12.0. The van der Waals surface area contributed by atoms with Crippen molar-refractivity contribution < 1.29 is 21.6 Å². The van der Waals surface area contributed by atoms with Crippen LogP contribution in [0.2, 0.25) is 0 Å². The van der Waals surface area contributed by atoms with Crippen LogP contribution in [0.15, 0.2) is 48.0 Å². The molecule has 6 rings (SSSR count). The van der Waals surface area contributed by atoms with Crippen LogP contribution in [0.3, 0.4) is 0 Å². The van der Waals surface area contributed by atoms with Crippen molar-refractivity contribution in [3.63, 3.8) is 0 Å². The maximum atomic E-state index is 13.3. The van der Waals surface area contributed by atoms with Crippen LogP contribution in [0.4, 0.5) is 13.2 Å². The van der Waals surface area contributed by atoms with E-state index in [1.165, 1.54) is 24.0 Å². The molecule has 0 aromatic carbocycles. The predicted molar refractivity (Wildman–Crippen MR) is 156 cm³/mol. The van der Waals surface area contributed by atoms with Crippen LogP contribution in [0.5, 0.6) is 0 Å². The second-order valence-corrected chi connectivity index (χ2v) is 13.9. The van der Waals surface area contributed by atoms with E-state index in [9.17, 15) is 21.6 Å². The molecule has 43 heavy (non-hydrogen) atoms. The van der Waals surface area contributed by atoms with E-state index in [0.717, 1.165) is 41.1 Å². The molecule has 1 atom stereocenters. The third-order valence-electron chi connectivity index (χ3n) is 7.81. The minimum atomic E-state index is -3.55. The van der Waals surface area contributed by atoms with Gasteiger partial charge in [-0.15, -0.1) is 11.3 Å². The van der Waals surface area contributed by atoms with Gasteiger partial charge in [-0.3, -0.25) is 0 Å². The van der Waals surface area contributed by atoms with Gasteiger partial charge in [0.15, 0.2) is 11.5 Å². The number of nitrogens with two attached hydrogens (primary N) is 1. The lowest BCUT2D eigenvalue weighted by Gasteiger charge is -2.35. The number of halogens is 3. The number of dihydropyridines is 1. The molecule has 0 spiro atoms. The van der Waals surface area contributed by atoms with E-state index in [0.29, 0.717) is 46.9 Å². The Labute approximate surface area is 251 Å². The zero-order chi connectivity index (χ0) is 30.2. The van der Waals surface area contributed by atoms with Gasteiger partial charge in [-0.1, -0.05) is 0 Å². The Kier molecular flexibility index (Phi) is 8.28. The largest absolute Gasteiger partial charge is 0.382 e. The number of thiazole rings is 1. The van der Waals surface area contributed by atoms with E-state index >= 15 is 0 Å². The summed E-state index contributed by atoms with van der Waals surface area (Å²) in [6.45, 7) is -0.0808. The van der Waals surface area contributed by atoms with Crippen LogP contribution in [0.1, 0.15) is 61.3 Å². The molecule has 11 nitrogen and oxygen atoms in total. The Hall–Kier alpha value is -3.34. The number of nitrogens with zero attached hydrogens (tertiary/aromatic N) is 5. The summed E-state index contributed by atoms with van der Waals surface area (Å²) < 4.78 is 65.5. The van der Waals surface area contributed by atoms with Crippen LogP contribution in [0, 0.1) is 0 Å². The monoisotopic (exact) mass is 635 g/mol. The average molecular weight is 636 g/mol. The zero-order valence-corrected chi connectivity index (χ0v) is 24.7. The molecule has 2 aliphatic carbocycles. The van der Waals surface area contributed by atoms with Gasteiger partial charge in [-0.25, -0.2) is 36.5 Å². The topological polar surface area (TPSA) is 153 Å². The summed E-state index contributed by atoms with van der Waals surface area (Å²) in [6, 6.07) is 1.97. The Bertz CT molecular complexity index is 1630. The van der Waals surface area contributed by atoms with Crippen molar-refractivity contribution in [2.45, 2.75) is 67.9 Å². The van der Waals surface area contributed by atoms with E-state index in [1.54, 1.807) is 18.3 Å². The van der Waals surface area contributed by atoms with E-state index in [1.807, 2.05) is 0 Å². The molecule has 2 saturated carbocycles. The molecule has 3 aromatic heterocycles. The van der Waals surface area contributed by atoms with Crippen molar-refractivity contribution in [1.82, 2.24) is 40.1 Å². The summed E-state index contributed by atoms with van der Waals surface area (Å²) in [6.07, 6.45) is 9.65. The van der Waals surface area contributed by atoms with Crippen molar-refractivity contribution in [2.24, 2.45) is 5.73 Å². The third kappa shape index (κ3) is 6.32. The van der Waals surface area contributed by atoms with E-state index in [2.05, 4.69) is 36.0 Å². The molecule has 16 heteroatoms. The number of hydrogen-bond donors (Lipinski definition) is 4. The smallest absolute Gasteiger partial charge is 0.281 e. The molecular formula is C27H32F3N9O2S2. The molecule has 1 unspecified atom stereocenters. The highest BCUT2D eigenvalue weighted by molar-refractivity contribution is 7.90. The molecule has 0 amide bonds. The Balaban J connectivity index is 1.27. The fourth-order valence-corrected chi connectivity index (χ4v) is 7.62. The molecule has 4 heterocycles. The van der Waals surface area contributed by atoms with Gasteiger partial charge in [-0.2, -0.15) is 9.19 Å². The van der Waals surface area contributed by atoms with Gasteiger partial charge in [0.25, 0.3) is 16.4 Å². The van der Waals surface area contributed by atoms with Crippen molar-refractivity contribution in [3.05, 3.63) is 64.4 Å². The number of allylic oxidation sites excluding steroid dienone is 1. The van der Waals surface area contributed by atoms with E-state index < -0.39 is 34.0 Å². The lowest BCUT2D eigenvalue weighted by atomic mass is 9.90. The Morgan fingerprint density at radius 2 is 1.93 bits per heavy atom. The summed E-state index contributed by atoms with van der Waals surface area (Å²) in [5.74, 6) is 0.250. The molecular weight excluding hydrogens is 603 g/mol. The molecule has 0 radical (unpaired) electrons. The summed E-state index contributed by atoms with van der Waals surface area (Å²) >= 11 is 1.12. The van der Waals surface area contributed by atoms with Gasteiger partial charge in [0.05, 0.1) is 28.9 Å². The van der Waals surface area contributed by atoms with Gasteiger partial charge >= 0.3 is 0 Å². The molecule has 0 saturated heterocycles. The number of alkyl halides is 3. The van der Waals surface area contributed by atoms with Crippen molar-refractivity contribution in [3.8, 4) is 11.4 Å². The first-order valence-electron chi connectivity index (χ1n) is 14.1. The minimum absolute atomic E-state index is 0.0789. The van der Waals surface area contributed by atoms with Crippen molar-refractivity contribution in [2.75, 3.05) is 13.2 Å². The van der Waals surface area contributed by atoms with Crippen LogP contribution >= 0.6 is 11.3 Å². The van der Waals surface area contributed by atoms with Gasteiger partial charge < -0.3 is 21.7 Å². The van der Waals surface area contributed by atoms with Gasteiger partial charge in [0.2, 0.25) is 0 Å². The standard InChI is InChI=1S/C27H32F3N9O2S2/c28-8-10-32-17-1-3-18(4-2-17)36-21-11-27(31,34-13-20(21)26-37-22(15-42-26)24(29)30)23-7-9-33-25(38-23)16-12-35-39(14-16)43(40,41)19-5-6-19/h7,9,11-15,17-19,24,32,34,36H,1-6,8,10,31H2. The molecule has 3 aromatic rings. The van der Waals surface area contributed by atoms with Crippen LogP contribution in [0.25, 0.3) is 17.0 Å². The second-order valence-electron chi connectivity index (χ2n) is 11.0. The zero-order valence-electron chi connectivity index (χ0n) is 23.1. The first kappa shape index (κ1) is 29.7. The lowest BCUT2D eigenvalue weighted by molar-refractivity contribution is 0.147. The molecule has 230 valence electrons. The van der Waals surface area contributed by atoms with Gasteiger partial charge in [0, 0.05) is 47.7 Å². The van der Waals surface area contributed by atoms with Crippen LogP contribution in [-0.4, -0.2) is 63.1 Å². The van der Waals surface area contributed by atoms with Gasteiger partial charge in [0.1, 0.15) is 17.4 Å². The molecule has 5 N–H and O–H groups in total. The Morgan fingerprint density at radius 1 is 1.16 bits per heavy atom. The van der Waals surface area contributed by atoms with Crippen molar-refractivity contribution in [1.29, 1.82) is 0 Å². The first-order valence-corrected chi connectivity index (χ1v) is 16.5. The molecule has 1 aliphatic heterocycles. The predicted octanol–water partition coefficient (Wildman–Crippen LogP) is 3.17. The minimum Gasteiger partial charge on any atom is -0.382 e. The summed E-state index contributed by atoms with van der Waals surface area (Å²) in [4.78, 5) is 13.1. The summed E-state index contributed by atoms with van der Waals surface area (Å²) in [7, 11) is -3.55. The maximum absolute atomic E-state index is 13.3. The molecule has 2 fully saturated rings. The fraction of sp³-hybridized carbons (Fsp3) is 0.481. The highest BCUT2D eigenvalue weighted by Gasteiger charge is 2.38. The van der Waals surface area contributed by atoms with Crippen LogP contribution in [-0.2, 0) is 15.7 Å². The number of rotatable bonds is 11. The van der Waals surface area contributed by atoms with Gasteiger partial charge in [-0.05, 0) is 50.7 Å². The van der Waals surface area contributed by atoms with E-state index in [4.69, 9.17) is 5.73 Å². The summed E-state index contributed by atoms with van der Waals surface area (Å²) in [5.41, 5.74) is 7.28. The highest BCUT2D eigenvalue weighted by Crippen LogP contribution is 2.35. The van der Waals surface area contributed by atoms with Crippen LogP contribution < -0.4 is 21.7 Å². The first-order chi connectivity index (χ1) is 20.7. The van der Waals surface area contributed by atoms with E-state index in [-0.39, 0.29) is 23.6 Å². The lowest BCUT2D eigenvalue weighted by Crippen LogP contribution is -2.50. The van der Waals surface area contributed by atoms with Crippen molar-refractivity contribution >= 4 is 26.9 Å². The third-order valence-corrected chi connectivity index (χ3v) is 10.7. The fourth-order valence-electron chi connectivity index (χ4n) is 5.30.